The molecule has 1 unspecified atom stereocenters. The molecule has 1 nitrogen and oxygen atoms in total. The molecule has 1 aromatic carbocycles. The zero-order chi connectivity index (χ0) is 13.4. The summed E-state index contributed by atoms with van der Waals surface area (Å²) in [5, 5.41) is 3.84. The van der Waals surface area contributed by atoms with Gasteiger partial charge in [0.15, 0.2) is 0 Å². The molecule has 0 saturated carbocycles. The van der Waals surface area contributed by atoms with E-state index in [1.165, 1.54) is 36.8 Å². The number of hydrogen-bond acceptors (Lipinski definition) is 1. The summed E-state index contributed by atoms with van der Waals surface area (Å²) >= 11 is 0. The minimum Gasteiger partial charge on any atom is -0.307 e. The van der Waals surface area contributed by atoms with Crippen LogP contribution in [0, 0.1) is 6.92 Å². The minimum atomic E-state index is 0.508. The number of hydrogen-bond donors (Lipinski definition) is 1. The quantitative estimate of drug-likeness (QED) is 0.681. The van der Waals surface area contributed by atoms with Crippen LogP contribution < -0.4 is 5.32 Å². The van der Waals surface area contributed by atoms with Gasteiger partial charge in [0.05, 0.1) is 0 Å². The maximum Gasteiger partial charge on any atom is 0.0320 e. The SMILES string of the molecule is CCCC(CCC)NC(CC)c1ccc(C)cc1. The van der Waals surface area contributed by atoms with Crippen molar-refractivity contribution in [1.29, 1.82) is 0 Å². The fourth-order valence-electron chi connectivity index (χ4n) is 2.54. The zero-order valence-electron chi connectivity index (χ0n) is 12.5. The number of nitrogens with one attached hydrogen (secondary N) is 1. The highest BCUT2D eigenvalue weighted by atomic mass is 14.9. The maximum atomic E-state index is 3.84. The normalized spacial score (nSPS) is 12.9. The molecule has 0 aromatic heterocycles. The van der Waals surface area contributed by atoms with Crippen LogP contribution in [0.3, 0.4) is 0 Å². The van der Waals surface area contributed by atoms with Crippen LogP contribution in [0.2, 0.25) is 0 Å². The summed E-state index contributed by atoms with van der Waals surface area (Å²) < 4.78 is 0. The van der Waals surface area contributed by atoms with Crippen molar-refractivity contribution in [2.24, 2.45) is 0 Å². The van der Waals surface area contributed by atoms with Gasteiger partial charge in [-0.1, -0.05) is 63.4 Å². The van der Waals surface area contributed by atoms with Gasteiger partial charge >= 0.3 is 0 Å². The Bertz CT molecular complexity index is 309. The predicted octanol–water partition coefficient (Wildman–Crippen LogP) is 5.00. The topological polar surface area (TPSA) is 12.0 Å². The third-order valence-electron chi connectivity index (χ3n) is 3.60. The second kappa shape index (κ2) is 8.31. The molecule has 102 valence electrons. The standard InChI is InChI=1S/C17H29N/c1-5-8-16(9-6-2)18-17(7-3)15-12-10-14(4)11-13-15/h10-13,16-18H,5-9H2,1-4H3. The highest BCUT2D eigenvalue weighted by Crippen LogP contribution is 2.20. The Balaban J connectivity index is 2.67. The Hall–Kier alpha value is -0.820. The lowest BCUT2D eigenvalue weighted by molar-refractivity contribution is 0.382. The van der Waals surface area contributed by atoms with Gasteiger partial charge in [-0.25, -0.2) is 0 Å². The van der Waals surface area contributed by atoms with Crippen molar-refractivity contribution in [3.63, 3.8) is 0 Å². The summed E-state index contributed by atoms with van der Waals surface area (Å²) in [5.41, 5.74) is 2.77. The fraction of sp³-hybridized carbons (Fsp3) is 0.647. The van der Waals surface area contributed by atoms with Gasteiger partial charge in [0.2, 0.25) is 0 Å². The van der Waals surface area contributed by atoms with Gasteiger partial charge in [0.25, 0.3) is 0 Å². The van der Waals surface area contributed by atoms with Gasteiger partial charge < -0.3 is 5.32 Å². The molecule has 0 radical (unpaired) electrons. The van der Waals surface area contributed by atoms with Crippen molar-refractivity contribution in [3.8, 4) is 0 Å². The fourth-order valence-corrected chi connectivity index (χ4v) is 2.54. The van der Waals surface area contributed by atoms with E-state index in [2.05, 4.69) is 57.3 Å². The molecule has 0 heterocycles. The van der Waals surface area contributed by atoms with Gasteiger partial charge in [-0.15, -0.1) is 0 Å². The second-order valence-corrected chi connectivity index (χ2v) is 5.31. The Morgan fingerprint density at radius 1 is 0.944 bits per heavy atom. The monoisotopic (exact) mass is 247 g/mol. The van der Waals surface area contributed by atoms with Crippen molar-refractivity contribution < 1.29 is 0 Å². The average molecular weight is 247 g/mol. The van der Waals surface area contributed by atoms with E-state index in [1.807, 2.05) is 0 Å². The van der Waals surface area contributed by atoms with Gasteiger partial charge in [0.1, 0.15) is 0 Å². The second-order valence-electron chi connectivity index (χ2n) is 5.31. The van der Waals surface area contributed by atoms with Crippen LogP contribution in [0.25, 0.3) is 0 Å². The van der Waals surface area contributed by atoms with Crippen LogP contribution >= 0.6 is 0 Å². The highest BCUT2D eigenvalue weighted by molar-refractivity contribution is 5.24. The first kappa shape index (κ1) is 15.2. The highest BCUT2D eigenvalue weighted by Gasteiger charge is 2.14. The molecule has 1 rings (SSSR count). The Kier molecular flexibility index (Phi) is 7.04. The third kappa shape index (κ3) is 4.81. The molecule has 0 aliphatic heterocycles. The Labute approximate surface area is 113 Å². The number of aryl methyl sites for hydroxylation is 1. The third-order valence-corrected chi connectivity index (χ3v) is 3.60. The summed E-state index contributed by atoms with van der Waals surface area (Å²) in [6, 6.07) is 10.2. The van der Waals surface area contributed by atoms with Crippen LogP contribution in [-0.2, 0) is 0 Å². The molecular formula is C17H29N. The van der Waals surface area contributed by atoms with E-state index >= 15 is 0 Å². The number of rotatable bonds is 8. The molecule has 0 fully saturated rings. The van der Waals surface area contributed by atoms with E-state index in [9.17, 15) is 0 Å². The lowest BCUT2D eigenvalue weighted by Crippen LogP contribution is -2.32. The molecule has 18 heavy (non-hydrogen) atoms. The summed E-state index contributed by atoms with van der Waals surface area (Å²) in [6.07, 6.45) is 6.27. The van der Waals surface area contributed by atoms with Crippen LogP contribution in [0.15, 0.2) is 24.3 Å². The van der Waals surface area contributed by atoms with Gasteiger partial charge in [-0.3, -0.25) is 0 Å². The predicted molar refractivity (Wildman–Crippen MR) is 81.0 cm³/mol. The van der Waals surface area contributed by atoms with Crippen molar-refractivity contribution >= 4 is 0 Å². The molecule has 1 heteroatoms. The molecular weight excluding hydrogens is 218 g/mol. The summed E-state index contributed by atoms with van der Waals surface area (Å²) in [6.45, 7) is 8.97. The van der Waals surface area contributed by atoms with Crippen molar-refractivity contribution in [2.45, 2.75) is 71.9 Å². The van der Waals surface area contributed by atoms with Gasteiger partial charge in [-0.05, 0) is 31.7 Å². The van der Waals surface area contributed by atoms with E-state index < -0.39 is 0 Å². The molecule has 1 N–H and O–H groups in total. The molecule has 0 aliphatic carbocycles. The van der Waals surface area contributed by atoms with E-state index in [1.54, 1.807) is 0 Å². The van der Waals surface area contributed by atoms with E-state index in [0.29, 0.717) is 12.1 Å². The summed E-state index contributed by atoms with van der Waals surface area (Å²) in [4.78, 5) is 0. The largest absolute Gasteiger partial charge is 0.307 e. The lowest BCUT2D eigenvalue weighted by atomic mass is 9.99. The van der Waals surface area contributed by atoms with Crippen molar-refractivity contribution in [1.82, 2.24) is 5.32 Å². The van der Waals surface area contributed by atoms with Crippen LogP contribution in [-0.4, -0.2) is 6.04 Å². The lowest BCUT2D eigenvalue weighted by Gasteiger charge is -2.25. The summed E-state index contributed by atoms with van der Waals surface area (Å²) in [7, 11) is 0. The molecule has 0 amide bonds. The van der Waals surface area contributed by atoms with E-state index in [0.717, 1.165) is 6.42 Å². The van der Waals surface area contributed by atoms with Crippen molar-refractivity contribution in [3.05, 3.63) is 35.4 Å². The van der Waals surface area contributed by atoms with E-state index in [4.69, 9.17) is 0 Å². The first-order valence-electron chi connectivity index (χ1n) is 7.53. The van der Waals surface area contributed by atoms with Crippen LogP contribution in [0.1, 0.15) is 70.0 Å². The molecule has 0 saturated heterocycles. The zero-order valence-corrected chi connectivity index (χ0v) is 12.5. The number of benzene rings is 1. The average Bonchev–Trinajstić information content (AvgIpc) is 2.37. The van der Waals surface area contributed by atoms with Crippen LogP contribution in [0.4, 0.5) is 0 Å². The Morgan fingerprint density at radius 3 is 1.94 bits per heavy atom. The Morgan fingerprint density at radius 2 is 1.50 bits per heavy atom. The smallest absolute Gasteiger partial charge is 0.0320 e. The van der Waals surface area contributed by atoms with Crippen LogP contribution in [0.5, 0.6) is 0 Å². The molecule has 0 bridgehead atoms. The van der Waals surface area contributed by atoms with Crippen molar-refractivity contribution in [2.75, 3.05) is 0 Å². The molecule has 1 atom stereocenters. The molecule has 1 aromatic rings. The van der Waals surface area contributed by atoms with Gasteiger partial charge in [-0.2, -0.15) is 0 Å². The first-order chi connectivity index (χ1) is 8.71. The van der Waals surface area contributed by atoms with E-state index in [-0.39, 0.29) is 0 Å². The molecule has 0 aliphatic rings. The van der Waals surface area contributed by atoms with Gasteiger partial charge in [0, 0.05) is 12.1 Å². The first-order valence-corrected chi connectivity index (χ1v) is 7.53. The maximum absolute atomic E-state index is 3.84. The summed E-state index contributed by atoms with van der Waals surface area (Å²) in [5.74, 6) is 0. The molecule has 0 spiro atoms. The minimum absolute atomic E-state index is 0.508.